The number of pyridine rings is 1. The quantitative estimate of drug-likeness (QED) is 0.714. The molecule has 0 unspecified atom stereocenters. The number of nitrogens with two attached hydrogens (primary N) is 1. The van der Waals surface area contributed by atoms with Gasteiger partial charge in [0.15, 0.2) is 0 Å². The lowest BCUT2D eigenvalue weighted by Gasteiger charge is -2.11. The van der Waals surface area contributed by atoms with Crippen LogP contribution in [0.4, 0.5) is 5.69 Å². The number of hydrogen-bond acceptors (Lipinski definition) is 3. The number of nitrogens with zero attached hydrogens (tertiary/aromatic N) is 1. The minimum Gasteiger partial charge on any atom is -0.488 e. The van der Waals surface area contributed by atoms with Gasteiger partial charge >= 0.3 is 0 Å². The Morgan fingerprint density at radius 1 is 1.10 bits per heavy atom. The van der Waals surface area contributed by atoms with Crippen LogP contribution in [0.5, 0.6) is 5.75 Å². The summed E-state index contributed by atoms with van der Waals surface area (Å²) >= 11 is 3.43. The molecule has 0 bridgehead atoms. The predicted molar refractivity (Wildman–Crippen MR) is 89.4 cm³/mol. The Morgan fingerprint density at radius 2 is 1.86 bits per heavy atom. The van der Waals surface area contributed by atoms with Gasteiger partial charge < -0.3 is 10.5 Å². The summed E-state index contributed by atoms with van der Waals surface area (Å²) in [7, 11) is 0. The lowest BCUT2D eigenvalue weighted by molar-refractivity contribution is 0.309. The molecule has 1 heterocycles. The third-order valence-electron chi connectivity index (χ3n) is 3.23. The molecule has 0 aliphatic carbocycles. The van der Waals surface area contributed by atoms with Gasteiger partial charge in [-0.25, -0.2) is 0 Å². The zero-order valence-electron chi connectivity index (χ0n) is 11.6. The molecule has 3 nitrogen and oxygen atoms in total. The summed E-state index contributed by atoms with van der Waals surface area (Å²) in [4.78, 5) is 4.50. The predicted octanol–water partition coefficient (Wildman–Crippen LogP) is 4.47. The Morgan fingerprint density at radius 3 is 2.62 bits per heavy atom. The summed E-state index contributed by atoms with van der Waals surface area (Å²) in [5, 5.41) is 0.942. The first-order valence-electron chi connectivity index (χ1n) is 6.66. The van der Waals surface area contributed by atoms with Crippen LogP contribution in [0.3, 0.4) is 0 Å². The van der Waals surface area contributed by atoms with Crippen LogP contribution in [0.2, 0.25) is 0 Å². The number of ether oxygens (including phenoxy) is 1. The van der Waals surface area contributed by atoms with E-state index >= 15 is 0 Å². The fourth-order valence-corrected chi connectivity index (χ4v) is 2.46. The Labute approximate surface area is 131 Å². The molecule has 0 saturated carbocycles. The zero-order chi connectivity index (χ0) is 14.8. The van der Waals surface area contributed by atoms with Gasteiger partial charge in [-0.1, -0.05) is 28.1 Å². The maximum Gasteiger partial charge on any atom is 0.131 e. The van der Waals surface area contributed by atoms with Crippen LogP contribution in [0.25, 0.3) is 10.9 Å². The summed E-state index contributed by atoms with van der Waals surface area (Å²) in [6.45, 7) is 2.48. The number of benzene rings is 2. The number of hydrogen-bond donors (Lipinski definition) is 1. The molecule has 0 amide bonds. The van der Waals surface area contributed by atoms with Crippen LogP contribution >= 0.6 is 15.9 Å². The number of rotatable bonds is 3. The SMILES string of the molecule is Cc1cc(OCc2ccc(Br)cc2)c2cc(N)ccc2n1. The van der Waals surface area contributed by atoms with E-state index in [1.165, 1.54) is 0 Å². The van der Waals surface area contributed by atoms with E-state index < -0.39 is 0 Å². The van der Waals surface area contributed by atoms with Crippen molar-refractivity contribution in [2.75, 3.05) is 5.73 Å². The van der Waals surface area contributed by atoms with Gasteiger partial charge in [-0.15, -0.1) is 0 Å². The molecular weight excluding hydrogens is 328 g/mol. The van der Waals surface area contributed by atoms with Crippen molar-refractivity contribution in [2.24, 2.45) is 0 Å². The summed E-state index contributed by atoms with van der Waals surface area (Å²) in [6.07, 6.45) is 0. The van der Waals surface area contributed by atoms with Crippen LogP contribution in [-0.4, -0.2) is 4.98 Å². The van der Waals surface area contributed by atoms with Crippen molar-refractivity contribution < 1.29 is 4.74 Å². The molecule has 3 aromatic rings. The summed E-state index contributed by atoms with van der Waals surface area (Å²) < 4.78 is 7.03. The maximum absolute atomic E-state index is 5.97. The summed E-state index contributed by atoms with van der Waals surface area (Å²) in [6, 6.07) is 15.7. The highest BCUT2D eigenvalue weighted by Crippen LogP contribution is 2.28. The second-order valence-corrected chi connectivity index (χ2v) is 5.87. The third-order valence-corrected chi connectivity index (χ3v) is 3.76. The van der Waals surface area contributed by atoms with E-state index in [2.05, 4.69) is 20.9 Å². The number of nitrogen functional groups attached to an aromatic ring is 1. The zero-order valence-corrected chi connectivity index (χ0v) is 13.2. The first-order valence-corrected chi connectivity index (χ1v) is 7.45. The van der Waals surface area contributed by atoms with Crippen LogP contribution in [0, 0.1) is 6.92 Å². The van der Waals surface area contributed by atoms with Gasteiger partial charge in [0.05, 0.1) is 5.52 Å². The normalized spacial score (nSPS) is 10.8. The monoisotopic (exact) mass is 342 g/mol. The van der Waals surface area contributed by atoms with E-state index in [1.54, 1.807) is 0 Å². The van der Waals surface area contributed by atoms with Crippen molar-refractivity contribution >= 4 is 32.5 Å². The highest BCUT2D eigenvalue weighted by Gasteiger charge is 2.06. The molecule has 0 atom stereocenters. The van der Waals surface area contributed by atoms with E-state index in [0.29, 0.717) is 12.3 Å². The Hall–Kier alpha value is -2.07. The minimum absolute atomic E-state index is 0.515. The standard InChI is InChI=1S/C17H15BrN2O/c1-11-8-17(15-9-14(19)6-7-16(15)20-11)21-10-12-2-4-13(18)5-3-12/h2-9H,10,19H2,1H3. The first kappa shape index (κ1) is 13.9. The van der Waals surface area contributed by atoms with Crippen molar-refractivity contribution in [2.45, 2.75) is 13.5 Å². The van der Waals surface area contributed by atoms with Crippen molar-refractivity contribution in [3.8, 4) is 5.75 Å². The molecule has 2 N–H and O–H groups in total. The molecule has 2 aromatic carbocycles. The molecule has 1 aromatic heterocycles. The van der Waals surface area contributed by atoms with Gasteiger partial charge in [-0.3, -0.25) is 4.98 Å². The molecule has 4 heteroatoms. The van der Waals surface area contributed by atoms with E-state index in [1.807, 2.05) is 55.5 Å². The number of aryl methyl sites for hydroxylation is 1. The first-order chi connectivity index (χ1) is 10.1. The molecule has 0 aliphatic heterocycles. The highest BCUT2D eigenvalue weighted by atomic mass is 79.9. The van der Waals surface area contributed by atoms with Crippen LogP contribution in [-0.2, 0) is 6.61 Å². The van der Waals surface area contributed by atoms with Crippen LogP contribution in [0.15, 0.2) is 53.0 Å². The second kappa shape index (κ2) is 5.74. The topological polar surface area (TPSA) is 48.1 Å². The molecule has 0 radical (unpaired) electrons. The second-order valence-electron chi connectivity index (χ2n) is 4.95. The third kappa shape index (κ3) is 3.16. The molecule has 0 saturated heterocycles. The fraction of sp³-hybridized carbons (Fsp3) is 0.118. The molecule has 21 heavy (non-hydrogen) atoms. The smallest absolute Gasteiger partial charge is 0.131 e. The molecule has 0 spiro atoms. The largest absolute Gasteiger partial charge is 0.488 e. The van der Waals surface area contributed by atoms with Crippen LogP contribution in [0.1, 0.15) is 11.3 Å². The fourth-order valence-electron chi connectivity index (χ4n) is 2.20. The van der Waals surface area contributed by atoms with Gasteiger partial charge in [0, 0.05) is 27.3 Å². The number of halogens is 1. The molecule has 0 fully saturated rings. The summed E-state index contributed by atoms with van der Waals surface area (Å²) in [5.74, 6) is 0.813. The van der Waals surface area contributed by atoms with Crippen molar-refractivity contribution in [3.05, 3.63) is 64.3 Å². The van der Waals surface area contributed by atoms with E-state index in [4.69, 9.17) is 10.5 Å². The molecular formula is C17H15BrN2O. The van der Waals surface area contributed by atoms with E-state index in [9.17, 15) is 0 Å². The molecule has 0 aliphatic rings. The van der Waals surface area contributed by atoms with Gasteiger partial charge in [-0.2, -0.15) is 0 Å². The Balaban J connectivity index is 1.92. The Kier molecular flexibility index (Phi) is 3.80. The average molecular weight is 343 g/mol. The van der Waals surface area contributed by atoms with Crippen LogP contribution < -0.4 is 10.5 Å². The highest BCUT2D eigenvalue weighted by molar-refractivity contribution is 9.10. The van der Waals surface area contributed by atoms with Gasteiger partial charge in [0.25, 0.3) is 0 Å². The lowest BCUT2D eigenvalue weighted by atomic mass is 10.1. The van der Waals surface area contributed by atoms with Crippen molar-refractivity contribution in [3.63, 3.8) is 0 Å². The van der Waals surface area contributed by atoms with Gasteiger partial charge in [0.1, 0.15) is 12.4 Å². The number of fused-ring (bicyclic) bond motifs is 1. The number of anilines is 1. The average Bonchev–Trinajstić information content (AvgIpc) is 2.47. The van der Waals surface area contributed by atoms with E-state index in [-0.39, 0.29) is 0 Å². The maximum atomic E-state index is 5.97. The van der Waals surface area contributed by atoms with E-state index in [0.717, 1.165) is 32.4 Å². The van der Waals surface area contributed by atoms with Crippen molar-refractivity contribution in [1.29, 1.82) is 0 Å². The number of aromatic nitrogens is 1. The van der Waals surface area contributed by atoms with Gasteiger partial charge in [0.2, 0.25) is 0 Å². The Bertz CT molecular complexity index is 785. The lowest BCUT2D eigenvalue weighted by Crippen LogP contribution is -1.98. The summed E-state index contributed by atoms with van der Waals surface area (Å²) in [5.41, 5.74) is 9.52. The van der Waals surface area contributed by atoms with Crippen molar-refractivity contribution in [1.82, 2.24) is 4.98 Å². The molecule has 106 valence electrons. The van der Waals surface area contributed by atoms with Gasteiger partial charge in [-0.05, 0) is 42.8 Å². The molecule has 3 rings (SSSR count). The minimum atomic E-state index is 0.515.